The van der Waals surface area contributed by atoms with E-state index in [1.54, 1.807) is 48.6 Å². The summed E-state index contributed by atoms with van der Waals surface area (Å²) >= 11 is 10.1. The fraction of sp³-hybridized carbons (Fsp3) is 0.0455. The van der Waals surface area contributed by atoms with Crippen molar-refractivity contribution in [2.24, 2.45) is 0 Å². The van der Waals surface area contributed by atoms with E-state index in [1.165, 1.54) is 12.2 Å². The summed E-state index contributed by atoms with van der Waals surface area (Å²) in [5.74, 6) is -0.383. The molecule has 0 aliphatic heterocycles. The van der Waals surface area contributed by atoms with Gasteiger partial charge in [-0.3, -0.25) is 4.79 Å². The molecule has 1 aliphatic carbocycles. The van der Waals surface area contributed by atoms with Crippen molar-refractivity contribution in [3.63, 3.8) is 0 Å². The summed E-state index contributed by atoms with van der Waals surface area (Å²) in [6.07, 6.45) is 6.44. The minimum Gasteiger partial charge on any atom is -0.506 e. The molecule has 148 valence electrons. The molecule has 0 radical (unpaired) electrons. The average Bonchev–Trinajstić information content (AvgIpc) is 2.69. The summed E-state index contributed by atoms with van der Waals surface area (Å²) in [5.41, 5.74) is 2.75. The normalized spacial score (nSPS) is 16.4. The number of carbonyl (C=O) groups excluding carboxylic acids is 1. The molecule has 0 saturated heterocycles. The molecule has 2 aromatic rings. The van der Waals surface area contributed by atoms with E-state index in [-0.39, 0.29) is 26.5 Å². The molecule has 29 heavy (non-hydrogen) atoms. The van der Waals surface area contributed by atoms with Crippen LogP contribution in [0, 0.1) is 0 Å². The summed E-state index contributed by atoms with van der Waals surface area (Å²) in [7, 11) is 0. The minimum atomic E-state index is -2.25. The highest BCUT2D eigenvalue weighted by Gasteiger charge is 2.21. The molecule has 1 atom stereocenters. The topological polar surface area (TPSA) is 74.6 Å². The van der Waals surface area contributed by atoms with Crippen LogP contribution in [-0.2, 0) is 22.3 Å². The Labute approximate surface area is 180 Å². The fourth-order valence-electron chi connectivity index (χ4n) is 3.07. The first-order valence-corrected chi connectivity index (χ1v) is 10.4. The molecule has 0 aromatic heterocycles. The van der Waals surface area contributed by atoms with Crippen molar-refractivity contribution in [3.05, 3.63) is 99.6 Å². The van der Waals surface area contributed by atoms with Crippen molar-refractivity contribution >= 4 is 45.6 Å². The van der Waals surface area contributed by atoms with Crippen molar-refractivity contribution in [1.29, 1.82) is 0 Å². The zero-order valence-electron chi connectivity index (χ0n) is 15.1. The van der Waals surface area contributed by atoms with Crippen molar-refractivity contribution in [3.8, 4) is 5.75 Å². The number of carbonyl (C=O) groups is 1. The van der Waals surface area contributed by atoms with Crippen LogP contribution in [0.3, 0.4) is 0 Å². The fourth-order valence-corrected chi connectivity index (χ4v) is 4.04. The number of phenols is 1. The molecular weight excluding hydrogens is 431 g/mol. The molecular formula is C22H16Cl2O4S. The van der Waals surface area contributed by atoms with Crippen LogP contribution in [-0.4, -0.2) is 19.7 Å². The number of hydrogen-bond donors (Lipinski definition) is 2. The predicted octanol–water partition coefficient (Wildman–Crippen LogP) is 5.42. The number of aromatic hydroxyl groups is 1. The Morgan fingerprint density at radius 2 is 1.90 bits per heavy atom. The van der Waals surface area contributed by atoms with E-state index < -0.39 is 11.1 Å². The second-order valence-corrected chi connectivity index (χ2v) is 7.98. The predicted molar refractivity (Wildman–Crippen MR) is 117 cm³/mol. The second kappa shape index (κ2) is 8.93. The average molecular weight is 447 g/mol. The molecule has 1 aliphatic rings. The van der Waals surface area contributed by atoms with E-state index in [0.29, 0.717) is 34.3 Å². The van der Waals surface area contributed by atoms with Gasteiger partial charge >= 0.3 is 0 Å². The van der Waals surface area contributed by atoms with Crippen LogP contribution in [0.15, 0.2) is 82.8 Å². The third-order valence-electron chi connectivity index (χ3n) is 4.36. The van der Waals surface area contributed by atoms with E-state index in [2.05, 4.69) is 6.58 Å². The van der Waals surface area contributed by atoms with E-state index in [4.69, 9.17) is 23.2 Å². The minimum absolute atomic E-state index is 0.0267. The Balaban J connectivity index is 2.38. The van der Waals surface area contributed by atoms with Crippen molar-refractivity contribution in [2.45, 2.75) is 11.3 Å². The van der Waals surface area contributed by atoms with E-state index in [1.807, 2.05) is 0 Å². The number of hydrogen-bond acceptors (Lipinski definition) is 3. The van der Waals surface area contributed by atoms with Crippen molar-refractivity contribution in [1.82, 2.24) is 0 Å². The quantitative estimate of drug-likeness (QED) is 0.474. The molecule has 0 saturated carbocycles. The summed E-state index contributed by atoms with van der Waals surface area (Å²) in [4.78, 5) is 12.0. The summed E-state index contributed by atoms with van der Waals surface area (Å²) in [6.45, 7) is 3.69. The highest BCUT2D eigenvalue weighted by Crippen LogP contribution is 2.38. The van der Waals surface area contributed by atoms with Gasteiger partial charge in [-0.25, -0.2) is 4.21 Å². The summed E-state index contributed by atoms with van der Waals surface area (Å²) in [6, 6.07) is 9.93. The Hall–Kier alpha value is -2.44. The van der Waals surface area contributed by atoms with Gasteiger partial charge in [-0.15, -0.1) is 6.58 Å². The molecule has 2 N–H and O–H groups in total. The van der Waals surface area contributed by atoms with E-state index >= 15 is 0 Å². The van der Waals surface area contributed by atoms with E-state index in [9.17, 15) is 18.7 Å². The number of benzene rings is 2. The van der Waals surface area contributed by atoms with Gasteiger partial charge in [-0.2, -0.15) is 0 Å². The first-order valence-electron chi connectivity index (χ1n) is 8.50. The van der Waals surface area contributed by atoms with Gasteiger partial charge in [0.2, 0.25) is 0 Å². The van der Waals surface area contributed by atoms with Gasteiger partial charge in [0.15, 0.2) is 16.9 Å². The molecule has 7 heteroatoms. The van der Waals surface area contributed by atoms with Crippen LogP contribution in [0.4, 0.5) is 0 Å². The molecule has 2 aromatic carbocycles. The lowest BCUT2D eigenvalue weighted by molar-refractivity contribution is -0.110. The highest BCUT2D eigenvalue weighted by atomic mass is 35.5. The lowest BCUT2D eigenvalue weighted by Gasteiger charge is -2.18. The molecule has 1 unspecified atom stereocenters. The second-order valence-electron chi connectivity index (χ2n) is 6.22. The third-order valence-corrected chi connectivity index (χ3v) is 5.68. The number of phenolic OH excluding ortho intramolecular Hbond substituents is 1. The Kier molecular flexibility index (Phi) is 6.55. The molecule has 0 bridgehead atoms. The first-order chi connectivity index (χ1) is 13.8. The van der Waals surface area contributed by atoms with Gasteiger partial charge in [-0.05, 0) is 59.0 Å². The SMILES string of the molecule is C=CCc1cc(/C(=C2\C=CC(=O)C(Cl)=C2)c2ccccc2S(=O)O)cc(Cl)c1O. The van der Waals surface area contributed by atoms with Crippen LogP contribution in [0.5, 0.6) is 5.75 Å². The maximum absolute atomic E-state index is 11.9. The first kappa shape index (κ1) is 21.3. The van der Waals surface area contributed by atoms with Gasteiger partial charge in [0, 0.05) is 5.56 Å². The van der Waals surface area contributed by atoms with Gasteiger partial charge in [0.1, 0.15) is 5.75 Å². The van der Waals surface area contributed by atoms with Crippen LogP contribution in [0.1, 0.15) is 16.7 Å². The van der Waals surface area contributed by atoms with Gasteiger partial charge in [-0.1, -0.05) is 53.6 Å². The van der Waals surface area contributed by atoms with Crippen molar-refractivity contribution in [2.75, 3.05) is 0 Å². The zero-order chi connectivity index (χ0) is 21.1. The number of halogens is 2. The zero-order valence-corrected chi connectivity index (χ0v) is 17.4. The summed E-state index contributed by atoms with van der Waals surface area (Å²) < 4.78 is 21.7. The Morgan fingerprint density at radius 3 is 2.55 bits per heavy atom. The number of ketones is 1. The van der Waals surface area contributed by atoms with Crippen LogP contribution < -0.4 is 0 Å². The Bertz CT molecular complexity index is 1130. The molecule has 3 rings (SSSR count). The van der Waals surface area contributed by atoms with Crippen LogP contribution in [0.2, 0.25) is 5.02 Å². The van der Waals surface area contributed by atoms with Crippen LogP contribution >= 0.6 is 23.2 Å². The maximum Gasteiger partial charge on any atom is 0.197 e. The summed E-state index contributed by atoms with van der Waals surface area (Å²) in [5, 5.41) is 10.4. The van der Waals surface area contributed by atoms with E-state index in [0.717, 1.165) is 0 Å². The van der Waals surface area contributed by atoms with Gasteiger partial charge in [0.05, 0.1) is 15.0 Å². The molecule has 0 amide bonds. The molecule has 0 fully saturated rings. The molecule has 0 heterocycles. The maximum atomic E-state index is 11.9. The van der Waals surface area contributed by atoms with Gasteiger partial charge < -0.3 is 9.66 Å². The smallest absolute Gasteiger partial charge is 0.197 e. The lowest BCUT2D eigenvalue weighted by Crippen LogP contribution is -2.04. The van der Waals surface area contributed by atoms with Gasteiger partial charge in [0.25, 0.3) is 0 Å². The Morgan fingerprint density at radius 1 is 1.17 bits per heavy atom. The highest BCUT2D eigenvalue weighted by molar-refractivity contribution is 7.79. The number of allylic oxidation sites excluding steroid dienone is 6. The monoisotopic (exact) mass is 446 g/mol. The lowest BCUT2D eigenvalue weighted by atomic mass is 9.89. The molecule has 0 spiro atoms. The van der Waals surface area contributed by atoms with Crippen LogP contribution in [0.25, 0.3) is 5.57 Å². The van der Waals surface area contributed by atoms with Crippen molar-refractivity contribution < 1.29 is 18.7 Å². The standard InChI is InChI=1S/C22H16Cl2O4S/c1-2-5-14-10-15(12-18(24)22(14)26)21(13-8-9-19(25)17(23)11-13)16-6-3-4-7-20(16)29(27)28/h2-4,6-12,26H,1,5H2,(H,27,28)/b21-13-. The third kappa shape index (κ3) is 4.43. The molecule has 4 nitrogen and oxygen atoms in total. The largest absolute Gasteiger partial charge is 0.506 e. The number of rotatable bonds is 5.